The Labute approximate surface area is 209 Å². The Kier molecular flexibility index (Phi) is 8.28. The molecule has 1 saturated heterocycles. The second-order valence-corrected chi connectivity index (χ2v) is 9.81. The molecule has 5 rings (SSSR count). The van der Waals surface area contributed by atoms with Crippen molar-refractivity contribution in [1.29, 1.82) is 0 Å². The van der Waals surface area contributed by atoms with Gasteiger partial charge in [0.2, 0.25) is 0 Å². The smallest absolute Gasteiger partial charge is 0.131 e. The first-order chi connectivity index (χ1) is 16.0. The van der Waals surface area contributed by atoms with Gasteiger partial charge in [0.15, 0.2) is 0 Å². The zero-order valence-electron chi connectivity index (χ0n) is 18.6. The number of aryl methyl sites for hydroxylation is 2. The number of fused-ring (bicyclic) bond motifs is 1. The van der Waals surface area contributed by atoms with Crippen molar-refractivity contribution in [1.82, 2.24) is 15.5 Å². The van der Waals surface area contributed by atoms with Gasteiger partial charge in [0.05, 0.1) is 13.2 Å². The van der Waals surface area contributed by atoms with Gasteiger partial charge in [-0.15, -0.1) is 22.8 Å². The van der Waals surface area contributed by atoms with Gasteiger partial charge in [0.25, 0.3) is 0 Å². The third-order valence-electron chi connectivity index (χ3n) is 5.21. The lowest BCUT2D eigenvalue weighted by atomic mass is 10.0. The fourth-order valence-electron chi connectivity index (χ4n) is 3.51. The van der Waals surface area contributed by atoms with Crippen LogP contribution < -0.4 is 5.32 Å². The average molecular weight is 496 g/mol. The van der Waals surface area contributed by atoms with Gasteiger partial charge < -0.3 is 10.1 Å². The molecule has 2 heterocycles. The van der Waals surface area contributed by atoms with E-state index >= 15 is 0 Å². The van der Waals surface area contributed by atoms with Crippen molar-refractivity contribution >= 4 is 46.8 Å². The number of rotatable bonds is 3. The van der Waals surface area contributed by atoms with Gasteiger partial charge in [-0.1, -0.05) is 59.8 Å². The minimum absolute atomic E-state index is 0.729. The van der Waals surface area contributed by atoms with E-state index in [-0.39, 0.29) is 0 Å². The normalized spacial score (nSPS) is 13.5. The van der Waals surface area contributed by atoms with Crippen LogP contribution in [-0.2, 0) is 4.74 Å². The highest BCUT2D eigenvalue weighted by molar-refractivity contribution is 7.99. The van der Waals surface area contributed by atoms with Gasteiger partial charge >= 0.3 is 0 Å². The zero-order chi connectivity index (χ0) is 23.2. The maximum Gasteiger partial charge on any atom is 0.131 e. The average Bonchev–Trinajstić information content (AvgIpc) is 2.82. The molecule has 1 N–H and O–H groups in total. The highest BCUT2D eigenvalue weighted by Gasteiger charge is 2.13. The minimum Gasteiger partial charge on any atom is -0.379 e. The molecule has 7 heteroatoms. The van der Waals surface area contributed by atoms with Crippen LogP contribution >= 0.6 is 36.0 Å². The Hall–Kier alpha value is -2.09. The van der Waals surface area contributed by atoms with Crippen molar-refractivity contribution in [3.8, 4) is 11.3 Å². The van der Waals surface area contributed by atoms with E-state index in [2.05, 4.69) is 58.5 Å². The number of thiol groups is 1. The van der Waals surface area contributed by atoms with Crippen molar-refractivity contribution in [2.75, 3.05) is 26.3 Å². The van der Waals surface area contributed by atoms with Crippen LogP contribution in [0, 0.1) is 13.8 Å². The molecule has 33 heavy (non-hydrogen) atoms. The van der Waals surface area contributed by atoms with E-state index in [1.165, 1.54) is 0 Å². The summed E-state index contributed by atoms with van der Waals surface area (Å²) in [6.45, 7) is 7.91. The summed E-state index contributed by atoms with van der Waals surface area (Å²) in [6, 6.07) is 20.4. The third-order valence-corrected chi connectivity index (χ3v) is 6.88. The maximum absolute atomic E-state index is 6.21. The van der Waals surface area contributed by atoms with Crippen molar-refractivity contribution in [3.05, 3.63) is 76.8 Å². The van der Waals surface area contributed by atoms with E-state index in [0.29, 0.717) is 0 Å². The Morgan fingerprint density at radius 2 is 1.70 bits per heavy atom. The monoisotopic (exact) mass is 495 g/mol. The van der Waals surface area contributed by atoms with Gasteiger partial charge in [-0.05, 0) is 49.2 Å². The first-order valence-electron chi connectivity index (χ1n) is 10.8. The molecule has 0 amide bonds. The van der Waals surface area contributed by atoms with Crippen LogP contribution in [0.15, 0.2) is 75.5 Å². The standard InChI is InChI=1S/C22H17ClN2S2.C4H9NO/c1-13-9-16(23)12-17(10-13)27-22-19-6-4-3-5-18(19)21(24-25-22)15-8-7-14(2)20(26)11-15;1-3-6-4-2-5-1/h3-12,26H,1-2H3;5H,1-4H2. The Morgan fingerprint density at radius 1 is 0.939 bits per heavy atom. The molecule has 0 unspecified atom stereocenters. The second kappa shape index (κ2) is 11.4. The first kappa shape index (κ1) is 24.0. The summed E-state index contributed by atoms with van der Waals surface area (Å²) in [5, 5.41) is 16.0. The van der Waals surface area contributed by atoms with Crippen LogP contribution in [0.25, 0.3) is 22.0 Å². The number of halogens is 1. The minimum atomic E-state index is 0.729. The molecular formula is C26H26ClN3OS2. The summed E-state index contributed by atoms with van der Waals surface area (Å²) in [4.78, 5) is 2.01. The number of morpholine rings is 1. The van der Waals surface area contributed by atoms with Gasteiger partial charge in [-0.25, -0.2) is 0 Å². The summed E-state index contributed by atoms with van der Waals surface area (Å²) >= 11 is 12.3. The molecule has 0 aliphatic carbocycles. The van der Waals surface area contributed by atoms with Crippen molar-refractivity contribution < 1.29 is 4.74 Å². The Morgan fingerprint density at radius 3 is 2.33 bits per heavy atom. The fourth-order valence-corrected chi connectivity index (χ4v) is 5.11. The van der Waals surface area contributed by atoms with Crippen LogP contribution in [0.4, 0.5) is 0 Å². The van der Waals surface area contributed by atoms with E-state index in [9.17, 15) is 0 Å². The molecule has 1 aliphatic rings. The van der Waals surface area contributed by atoms with E-state index in [4.69, 9.17) is 16.3 Å². The van der Waals surface area contributed by atoms with Gasteiger partial charge in [0, 0.05) is 44.2 Å². The van der Waals surface area contributed by atoms with Crippen LogP contribution in [-0.4, -0.2) is 36.5 Å². The molecule has 0 spiro atoms. The highest BCUT2D eigenvalue weighted by Crippen LogP contribution is 2.36. The largest absolute Gasteiger partial charge is 0.379 e. The second-order valence-electron chi connectivity index (χ2n) is 7.83. The summed E-state index contributed by atoms with van der Waals surface area (Å²) in [7, 11) is 0. The number of nitrogens with zero attached hydrogens (tertiary/aromatic N) is 2. The molecule has 0 saturated carbocycles. The van der Waals surface area contributed by atoms with Crippen LogP contribution in [0.1, 0.15) is 11.1 Å². The van der Waals surface area contributed by atoms with E-state index in [1.807, 2.05) is 44.2 Å². The lowest BCUT2D eigenvalue weighted by molar-refractivity contribution is 0.109. The van der Waals surface area contributed by atoms with E-state index in [0.717, 1.165) is 79.3 Å². The fraction of sp³-hybridized carbons (Fsp3) is 0.231. The summed E-state index contributed by atoms with van der Waals surface area (Å²) in [5.74, 6) is 0. The number of ether oxygens (including phenoxy) is 1. The molecule has 3 aromatic carbocycles. The summed E-state index contributed by atoms with van der Waals surface area (Å²) in [6.07, 6.45) is 0. The summed E-state index contributed by atoms with van der Waals surface area (Å²) in [5.41, 5.74) is 4.15. The Balaban J connectivity index is 0.000000376. The highest BCUT2D eigenvalue weighted by atomic mass is 35.5. The van der Waals surface area contributed by atoms with Crippen molar-refractivity contribution in [3.63, 3.8) is 0 Å². The number of hydrogen-bond acceptors (Lipinski definition) is 6. The van der Waals surface area contributed by atoms with Crippen LogP contribution in [0.2, 0.25) is 5.02 Å². The molecule has 170 valence electrons. The van der Waals surface area contributed by atoms with Crippen molar-refractivity contribution in [2.45, 2.75) is 28.7 Å². The molecule has 0 atom stereocenters. The lowest BCUT2D eigenvalue weighted by Gasteiger charge is -2.11. The van der Waals surface area contributed by atoms with Gasteiger partial charge in [-0.3, -0.25) is 0 Å². The van der Waals surface area contributed by atoms with Crippen molar-refractivity contribution in [2.24, 2.45) is 0 Å². The SMILES string of the molecule is C1COCCN1.Cc1cc(Cl)cc(Sc2nnc(-c3ccc(C)c(S)c3)c3ccccc23)c1. The topological polar surface area (TPSA) is 47.0 Å². The van der Waals surface area contributed by atoms with Gasteiger partial charge in [-0.2, -0.15) is 0 Å². The molecular weight excluding hydrogens is 470 g/mol. The molecule has 1 fully saturated rings. The number of benzene rings is 3. The molecule has 1 aromatic heterocycles. The molecule has 4 nitrogen and oxygen atoms in total. The zero-order valence-corrected chi connectivity index (χ0v) is 21.1. The van der Waals surface area contributed by atoms with E-state index in [1.54, 1.807) is 11.8 Å². The van der Waals surface area contributed by atoms with Crippen LogP contribution in [0.3, 0.4) is 0 Å². The lowest BCUT2D eigenvalue weighted by Crippen LogP contribution is -2.30. The molecule has 0 radical (unpaired) electrons. The molecule has 4 aromatic rings. The molecule has 1 aliphatic heterocycles. The molecule has 0 bridgehead atoms. The predicted molar refractivity (Wildman–Crippen MR) is 141 cm³/mol. The Bertz CT molecular complexity index is 1230. The predicted octanol–water partition coefficient (Wildman–Crippen LogP) is 6.61. The quantitative estimate of drug-likeness (QED) is 0.313. The number of nitrogens with one attached hydrogen (secondary N) is 1. The first-order valence-corrected chi connectivity index (χ1v) is 12.4. The van der Waals surface area contributed by atoms with Gasteiger partial charge in [0.1, 0.15) is 10.7 Å². The third kappa shape index (κ3) is 6.28. The van der Waals surface area contributed by atoms with Crippen LogP contribution in [0.5, 0.6) is 0 Å². The summed E-state index contributed by atoms with van der Waals surface area (Å²) < 4.78 is 5.01. The number of hydrogen-bond donors (Lipinski definition) is 2. The number of aromatic nitrogens is 2. The van der Waals surface area contributed by atoms with E-state index < -0.39 is 0 Å². The maximum atomic E-state index is 6.21.